The van der Waals surface area contributed by atoms with Gasteiger partial charge in [0.1, 0.15) is 0 Å². The highest BCUT2D eigenvalue weighted by Gasteiger charge is 2.06. The Morgan fingerprint density at radius 1 is 0.680 bits per heavy atom. The van der Waals surface area contributed by atoms with E-state index in [0.717, 1.165) is 15.8 Å². The smallest absolute Gasteiger partial charge is 0.0384 e. The maximum Gasteiger partial charge on any atom is 0.0384 e. The number of nitrogens with one attached hydrogen (secondary N) is 1. The van der Waals surface area contributed by atoms with E-state index < -0.39 is 0 Å². The summed E-state index contributed by atoms with van der Waals surface area (Å²) in [6.45, 7) is 2.18. The minimum absolute atomic E-state index is 1.08. The number of anilines is 2. The van der Waals surface area contributed by atoms with Crippen LogP contribution in [0.3, 0.4) is 0 Å². The molecular formula is C23H18BrN. The van der Waals surface area contributed by atoms with E-state index >= 15 is 0 Å². The second-order valence-electron chi connectivity index (χ2n) is 6.19. The van der Waals surface area contributed by atoms with Crippen molar-refractivity contribution in [3.63, 3.8) is 0 Å². The first kappa shape index (κ1) is 15.9. The predicted molar refractivity (Wildman–Crippen MR) is 112 cm³/mol. The molecule has 0 saturated heterocycles. The zero-order chi connectivity index (χ0) is 17.2. The monoisotopic (exact) mass is 387 g/mol. The van der Waals surface area contributed by atoms with Crippen molar-refractivity contribution in [3.05, 3.63) is 95.0 Å². The van der Waals surface area contributed by atoms with Gasteiger partial charge in [-0.1, -0.05) is 64.5 Å². The quantitative estimate of drug-likeness (QED) is 0.388. The third-order valence-corrected chi connectivity index (χ3v) is 4.97. The molecule has 0 aliphatic rings. The standard InChI is InChI=1S/C23H18BrN/c1-16-4-2-5-18-6-3-7-22(23(16)18)17-8-12-20(13-9-17)25-21-14-10-19(24)11-15-21/h2-15,25H,1H3. The maximum absolute atomic E-state index is 3.46. The number of aryl methyl sites for hydroxylation is 1. The summed E-state index contributed by atoms with van der Waals surface area (Å²) < 4.78 is 1.08. The minimum Gasteiger partial charge on any atom is -0.356 e. The van der Waals surface area contributed by atoms with Gasteiger partial charge in [-0.15, -0.1) is 0 Å². The number of fused-ring (bicyclic) bond motifs is 1. The lowest BCUT2D eigenvalue weighted by Gasteiger charge is -2.11. The SMILES string of the molecule is Cc1cccc2cccc(-c3ccc(Nc4ccc(Br)cc4)cc3)c12. The first-order chi connectivity index (χ1) is 12.2. The molecule has 0 unspecified atom stereocenters. The van der Waals surface area contributed by atoms with Crippen molar-refractivity contribution in [2.75, 3.05) is 5.32 Å². The minimum atomic E-state index is 1.08. The molecule has 0 aromatic heterocycles. The molecule has 0 radical (unpaired) electrons. The number of rotatable bonds is 3. The van der Waals surface area contributed by atoms with Gasteiger partial charge in [0.05, 0.1) is 0 Å². The van der Waals surface area contributed by atoms with Crippen LogP contribution in [0.2, 0.25) is 0 Å². The van der Waals surface area contributed by atoms with E-state index in [9.17, 15) is 0 Å². The topological polar surface area (TPSA) is 12.0 Å². The Kier molecular flexibility index (Phi) is 4.29. The fraction of sp³-hybridized carbons (Fsp3) is 0.0435. The molecule has 2 heteroatoms. The molecule has 0 fully saturated rings. The van der Waals surface area contributed by atoms with Gasteiger partial charge in [-0.3, -0.25) is 0 Å². The molecule has 122 valence electrons. The Hall–Kier alpha value is -2.58. The maximum atomic E-state index is 3.46. The highest BCUT2D eigenvalue weighted by atomic mass is 79.9. The summed E-state index contributed by atoms with van der Waals surface area (Å²) in [5.74, 6) is 0. The molecule has 0 saturated carbocycles. The van der Waals surface area contributed by atoms with Crippen molar-refractivity contribution in [2.45, 2.75) is 6.92 Å². The molecule has 0 bridgehead atoms. The third-order valence-electron chi connectivity index (χ3n) is 4.44. The van der Waals surface area contributed by atoms with E-state index in [2.05, 4.69) is 101 Å². The van der Waals surface area contributed by atoms with E-state index in [-0.39, 0.29) is 0 Å². The summed E-state index contributed by atoms with van der Waals surface area (Å²) in [4.78, 5) is 0. The number of hydrogen-bond donors (Lipinski definition) is 1. The Morgan fingerprint density at radius 3 is 1.96 bits per heavy atom. The van der Waals surface area contributed by atoms with Crippen LogP contribution in [0.15, 0.2) is 89.4 Å². The fourth-order valence-corrected chi connectivity index (χ4v) is 3.47. The molecule has 0 spiro atoms. The Morgan fingerprint density at radius 2 is 1.28 bits per heavy atom. The first-order valence-corrected chi connectivity index (χ1v) is 9.11. The van der Waals surface area contributed by atoms with Crippen molar-refractivity contribution in [2.24, 2.45) is 0 Å². The van der Waals surface area contributed by atoms with Crippen LogP contribution >= 0.6 is 15.9 Å². The second kappa shape index (κ2) is 6.73. The van der Waals surface area contributed by atoms with E-state index in [4.69, 9.17) is 0 Å². The molecule has 0 amide bonds. The van der Waals surface area contributed by atoms with Gasteiger partial charge in [0.15, 0.2) is 0 Å². The number of halogens is 1. The molecule has 4 aromatic carbocycles. The lowest BCUT2D eigenvalue weighted by atomic mass is 9.95. The van der Waals surface area contributed by atoms with E-state index in [0.29, 0.717) is 0 Å². The van der Waals surface area contributed by atoms with Crippen LogP contribution in [0.4, 0.5) is 11.4 Å². The predicted octanol–water partition coefficient (Wildman–Crippen LogP) is 7.32. The van der Waals surface area contributed by atoms with Crippen LogP contribution in [0, 0.1) is 6.92 Å². The van der Waals surface area contributed by atoms with Gasteiger partial charge in [-0.25, -0.2) is 0 Å². The fourth-order valence-electron chi connectivity index (χ4n) is 3.20. The van der Waals surface area contributed by atoms with E-state index in [1.165, 1.54) is 27.5 Å². The lowest BCUT2D eigenvalue weighted by molar-refractivity contribution is 1.51. The van der Waals surface area contributed by atoms with Crippen LogP contribution in [0.25, 0.3) is 21.9 Å². The van der Waals surface area contributed by atoms with Gasteiger partial charge in [-0.05, 0) is 70.8 Å². The molecule has 4 rings (SSSR count). The van der Waals surface area contributed by atoms with E-state index in [1.54, 1.807) is 0 Å². The molecule has 0 aliphatic heterocycles. The largest absolute Gasteiger partial charge is 0.356 e. The van der Waals surface area contributed by atoms with Crippen molar-refractivity contribution in [3.8, 4) is 11.1 Å². The van der Waals surface area contributed by atoms with Gasteiger partial charge in [-0.2, -0.15) is 0 Å². The van der Waals surface area contributed by atoms with Gasteiger partial charge in [0.2, 0.25) is 0 Å². The Balaban J connectivity index is 1.68. The average Bonchev–Trinajstić information content (AvgIpc) is 2.64. The van der Waals surface area contributed by atoms with Gasteiger partial charge in [0, 0.05) is 15.8 Å². The molecule has 4 aromatic rings. The molecule has 25 heavy (non-hydrogen) atoms. The van der Waals surface area contributed by atoms with Crippen LogP contribution in [-0.4, -0.2) is 0 Å². The highest BCUT2D eigenvalue weighted by molar-refractivity contribution is 9.10. The average molecular weight is 388 g/mol. The lowest BCUT2D eigenvalue weighted by Crippen LogP contribution is -1.90. The summed E-state index contributed by atoms with van der Waals surface area (Å²) in [5.41, 5.74) is 6.00. The zero-order valence-electron chi connectivity index (χ0n) is 14.0. The molecule has 1 nitrogen and oxygen atoms in total. The summed E-state index contributed by atoms with van der Waals surface area (Å²) in [7, 11) is 0. The summed E-state index contributed by atoms with van der Waals surface area (Å²) in [5, 5.41) is 6.06. The van der Waals surface area contributed by atoms with Crippen LogP contribution in [0.1, 0.15) is 5.56 Å². The normalized spacial score (nSPS) is 10.8. The molecule has 0 aliphatic carbocycles. The van der Waals surface area contributed by atoms with Crippen molar-refractivity contribution in [1.82, 2.24) is 0 Å². The zero-order valence-corrected chi connectivity index (χ0v) is 15.5. The van der Waals surface area contributed by atoms with Crippen molar-refractivity contribution in [1.29, 1.82) is 0 Å². The van der Waals surface area contributed by atoms with Crippen LogP contribution in [0.5, 0.6) is 0 Å². The van der Waals surface area contributed by atoms with Crippen molar-refractivity contribution >= 4 is 38.1 Å². The Labute approximate surface area is 156 Å². The van der Waals surface area contributed by atoms with Gasteiger partial charge >= 0.3 is 0 Å². The molecular weight excluding hydrogens is 370 g/mol. The first-order valence-electron chi connectivity index (χ1n) is 8.32. The molecule has 0 heterocycles. The number of hydrogen-bond acceptors (Lipinski definition) is 1. The van der Waals surface area contributed by atoms with Crippen molar-refractivity contribution < 1.29 is 0 Å². The van der Waals surface area contributed by atoms with Gasteiger partial charge in [0.25, 0.3) is 0 Å². The van der Waals surface area contributed by atoms with E-state index in [1.807, 2.05) is 12.1 Å². The number of benzene rings is 4. The third kappa shape index (κ3) is 3.31. The van der Waals surface area contributed by atoms with Crippen LogP contribution in [-0.2, 0) is 0 Å². The Bertz CT molecular complexity index is 1010. The van der Waals surface area contributed by atoms with Gasteiger partial charge < -0.3 is 5.32 Å². The molecule has 1 N–H and O–H groups in total. The summed E-state index contributed by atoms with van der Waals surface area (Å²) in [6.07, 6.45) is 0. The summed E-state index contributed by atoms with van der Waals surface area (Å²) >= 11 is 3.46. The second-order valence-corrected chi connectivity index (χ2v) is 7.10. The highest BCUT2D eigenvalue weighted by Crippen LogP contribution is 2.32. The summed E-state index contributed by atoms with van der Waals surface area (Å²) in [6, 6.07) is 29.8. The molecule has 0 atom stereocenters. The van der Waals surface area contributed by atoms with Crippen LogP contribution < -0.4 is 5.32 Å².